The first-order valence-corrected chi connectivity index (χ1v) is 5.01. The summed E-state index contributed by atoms with van der Waals surface area (Å²) in [6, 6.07) is 0. The fraction of sp³-hybridized carbons (Fsp3) is 0.600. The molecule has 0 aliphatic carbocycles. The van der Waals surface area contributed by atoms with Crippen molar-refractivity contribution in [2.45, 2.75) is 32.3 Å². The number of aromatic nitrogens is 2. The van der Waals surface area contributed by atoms with Crippen molar-refractivity contribution >= 4 is 5.97 Å². The average Bonchev–Trinajstić information content (AvgIpc) is 2.58. The van der Waals surface area contributed by atoms with Gasteiger partial charge in [-0.15, -0.1) is 0 Å². The second kappa shape index (κ2) is 5.38. The van der Waals surface area contributed by atoms with Gasteiger partial charge in [0.1, 0.15) is 0 Å². The van der Waals surface area contributed by atoms with Gasteiger partial charge in [-0.25, -0.2) is 4.79 Å². The molecule has 0 aromatic carbocycles. The Bertz CT molecular complexity index is 322. The molecular formula is C10H16N2O3. The van der Waals surface area contributed by atoms with E-state index in [0.717, 1.165) is 12.8 Å². The van der Waals surface area contributed by atoms with Crippen molar-refractivity contribution in [3.63, 3.8) is 0 Å². The highest BCUT2D eigenvalue weighted by atomic mass is 16.5. The highest BCUT2D eigenvalue weighted by Gasteiger charge is 2.18. The smallest absolute Gasteiger partial charge is 0.344 e. The van der Waals surface area contributed by atoms with Gasteiger partial charge < -0.3 is 9.84 Å². The van der Waals surface area contributed by atoms with E-state index in [0.29, 0.717) is 12.2 Å². The van der Waals surface area contributed by atoms with Gasteiger partial charge in [-0.3, -0.25) is 4.68 Å². The fourth-order valence-corrected chi connectivity index (χ4v) is 1.25. The summed E-state index contributed by atoms with van der Waals surface area (Å²) in [6.45, 7) is 2.02. The Kier molecular flexibility index (Phi) is 4.15. The third kappa shape index (κ3) is 3.61. The van der Waals surface area contributed by atoms with Crippen LogP contribution < -0.4 is 4.74 Å². The Hall–Kier alpha value is -1.52. The van der Waals surface area contributed by atoms with Crippen molar-refractivity contribution in [1.29, 1.82) is 0 Å². The van der Waals surface area contributed by atoms with Crippen LogP contribution in [0.2, 0.25) is 0 Å². The minimum atomic E-state index is -0.924. The number of carboxylic acid groups (broad SMARTS) is 1. The van der Waals surface area contributed by atoms with Crippen LogP contribution in [0.4, 0.5) is 0 Å². The van der Waals surface area contributed by atoms with Crippen LogP contribution in [0.15, 0.2) is 12.4 Å². The van der Waals surface area contributed by atoms with E-state index >= 15 is 0 Å². The van der Waals surface area contributed by atoms with E-state index in [1.807, 2.05) is 6.92 Å². The predicted octanol–water partition coefficient (Wildman–Crippen LogP) is 1.44. The molecule has 1 atom stereocenters. The van der Waals surface area contributed by atoms with E-state index in [-0.39, 0.29) is 0 Å². The molecule has 5 heteroatoms. The quantitative estimate of drug-likeness (QED) is 0.775. The number of hydrogen-bond donors (Lipinski definition) is 1. The number of ether oxygens (including phenoxy) is 1. The number of aliphatic carboxylic acids is 1. The van der Waals surface area contributed by atoms with Crippen molar-refractivity contribution < 1.29 is 14.6 Å². The molecule has 1 unspecified atom stereocenters. The number of unbranched alkanes of at least 4 members (excludes halogenated alkanes) is 1. The molecule has 84 valence electrons. The summed E-state index contributed by atoms with van der Waals surface area (Å²) in [5, 5.41) is 12.8. The van der Waals surface area contributed by atoms with Crippen molar-refractivity contribution in [1.82, 2.24) is 9.78 Å². The molecule has 0 aliphatic rings. The summed E-state index contributed by atoms with van der Waals surface area (Å²) in [5.74, 6) is -0.423. The Balaban J connectivity index is 2.54. The van der Waals surface area contributed by atoms with Gasteiger partial charge in [0, 0.05) is 7.05 Å². The summed E-state index contributed by atoms with van der Waals surface area (Å²) in [5.41, 5.74) is 0. The van der Waals surface area contributed by atoms with E-state index in [4.69, 9.17) is 9.84 Å². The van der Waals surface area contributed by atoms with E-state index in [1.54, 1.807) is 17.9 Å². The first-order valence-electron chi connectivity index (χ1n) is 5.01. The predicted molar refractivity (Wildman–Crippen MR) is 54.8 cm³/mol. The molecule has 0 saturated carbocycles. The Morgan fingerprint density at radius 3 is 2.93 bits per heavy atom. The summed E-state index contributed by atoms with van der Waals surface area (Å²) >= 11 is 0. The van der Waals surface area contributed by atoms with Gasteiger partial charge in [0.05, 0.1) is 12.4 Å². The van der Waals surface area contributed by atoms with Crippen molar-refractivity contribution in [3.05, 3.63) is 12.4 Å². The van der Waals surface area contributed by atoms with Crippen molar-refractivity contribution in [3.8, 4) is 5.75 Å². The molecule has 0 bridgehead atoms. The van der Waals surface area contributed by atoms with E-state index in [9.17, 15) is 4.79 Å². The zero-order chi connectivity index (χ0) is 11.3. The Morgan fingerprint density at radius 1 is 1.73 bits per heavy atom. The molecule has 0 aliphatic heterocycles. The fourth-order valence-electron chi connectivity index (χ4n) is 1.25. The van der Waals surface area contributed by atoms with E-state index in [1.165, 1.54) is 6.20 Å². The molecule has 1 aromatic rings. The second-order valence-electron chi connectivity index (χ2n) is 3.44. The molecule has 0 fully saturated rings. The zero-order valence-corrected chi connectivity index (χ0v) is 9.01. The van der Waals surface area contributed by atoms with Crippen LogP contribution in [-0.4, -0.2) is 27.0 Å². The lowest BCUT2D eigenvalue weighted by Gasteiger charge is -2.12. The van der Waals surface area contributed by atoms with Crippen LogP contribution >= 0.6 is 0 Å². The lowest BCUT2D eigenvalue weighted by atomic mass is 10.1. The van der Waals surface area contributed by atoms with Crippen LogP contribution in [0.25, 0.3) is 0 Å². The van der Waals surface area contributed by atoms with Crippen molar-refractivity contribution in [2.24, 2.45) is 7.05 Å². The van der Waals surface area contributed by atoms with E-state index in [2.05, 4.69) is 5.10 Å². The number of carbonyl (C=O) groups is 1. The maximum atomic E-state index is 10.9. The summed E-state index contributed by atoms with van der Waals surface area (Å²) < 4.78 is 6.89. The van der Waals surface area contributed by atoms with Crippen LogP contribution in [0.5, 0.6) is 5.75 Å². The maximum Gasteiger partial charge on any atom is 0.344 e. The minimum absolute atomic E-state index is 0.501. The van der Waals surface area contributed by atoms with Gasteiger partial charge >= 0.3 is 5.97 Å². The lowest BCUT2D eigenvalue weighted by molar-refractivity contribution is -0.145. The number of hydrogen-bond acceptors (Lipinski definition) is 3. The molecule has 15 heavy (non-hydrogen) atoms. The summed E-state index contributed by atoms with van der Waals surface area (Å²) in [4.78, 5) is 10.9. The van der Waals surface area contributed by atoms with Crippen LogP contribution in [0.1, 0.15) is 26.2 Å². The molecule has 5 nitrogen and oxygen atoms in total. The molecule has 0 spiro atoms. The van der Waals surface area contributed by atoms with Crippen LogP contribution in [0.3, 0.4) is 0 Å². The van der Waals surface area contributed by atoms with Gasteiger partial charge in [-0.05, 0) is 12.8 Å². The van der Waals surface area contributed by atoms with Crippen LogP contribution in [0, 0.1) is 0 Å². The number of nitrogens with zero attached hydrogens (tertiary/aromatic N) is 2. The Morgan fingerprint density at radius 2 is 2.47 bits per heavy atom. The molecule has 0 amide bonds. The second-order valence-corrected chi connectivity index (χ2v) is 3.44. The third-order valence-corrected chi connectivity index (χ3v) is 2.05. The SMILES string of the molecule is CCCCC(Oc1cnn(C)c1)C(=O)O. The summed E-state index contributed by atoms with van der Waals surface area (Å²) in [6.07, 6.45) is 4.73. The zero-order valence-electron chi connectivity index (χ0n) is 9.01. The molecule has 0 saturated heterocycles. The highest BCUT2D eigenvalue weighted by molar-refractivity contribution is 5.72. The average molecular weight is 212 g/mol. The van der Waals surface area contributed by atoms with Gasteiger partial charge in [-0.2, -0.15) is 5.10 Å². The van der Waals surface area contributed by atoms with Crippen LogP contribution in [-0.2, 0) is 11.8 Å². The Labute approximate surface area is 88.7 Å². The van der Waals surface area contributed by atoms with Gasteiger partial charge in [0.15, 0.2) is 11.9 Å². The number of aryl methyl sites for hydroxylation is 1. The normalized spacial score (nSPS) is 12.4. The molecule has 1 heterocycles. The number of rotatable bonds is 6. The number of carboxylic acids is 1. The highest BCUT2D eigenvalue weighted by Crippen LogP contribution is 2.13. The monoisotopic (exact) mass is 212 g/mol. The summed E-state index contributed by atoms with van der Waals surface area (Å²) in [7, 11) is 1.76. The van der Waals surface area contributed by atoms with Gasteiger partial charge in [0.25, 0.3) is 0 Å². The third-order valence-electron chi connectivity index (χ3n) is 2.05. The molecule has 0 radical (unpaired) electrons. The molecule has 1 rings (SSSR count). The largest absolute Gasteiger partial charge is 0.479 e. The topological polar surface area (TPSA) is 64.4 Å². The van der Waals surface area contributed by atoms with Gasteiger partial charge in [0.2, 0.25) is 0 Å². The minimum Gasteiger partial charge on any atom is -0.479 e. The molecular weight excluding hydrogens is 196 g/mol. The first-order chi connectivity index (χ1) is 7.13. The van der Waals surface area contributed by atoms with E-state index < -0.39 is 12.1 Å². The van der Waals surface area contributed by atoms with Gasteiger partial charge in [-0.1, -0.05) is 13.3 Å². The maximum absolute atomic E-state index is 10.9. The van der Waals surface area contributed by atoms with Crippen molar-refractivity contribution in [2.75, 3.05) is 0 Å². The first kappa shape index (κ1) is 11.6. The lowest BCUT2D eigenvalue weighted by Crippen LogP contribution is -2.26. The standard InChI is InChI=1S/C10H16N2O3/c1-3-4-5-9(10(13)14)15-8-6-11-12(2)7-8/h6-7,9H,3-5H2,1-2H3,(H,13,14). The molecule has 1 aromatic heterocycles. The molecule has 1 N–H and O–H groups in total.